The Balaban J connectivity index is 3.13. The first kappa shape index (κ1) is 12.8. The van der Waals surface area contributed by atoms with Gasteiger partial charge in [-0.15, -0.1) is 0 Å². The fourth-order valence-corrected chi connectivity index (χ4v) is 1.78. The van der Waals surface area contributed by atoms with Crippen molar-refractivity contribution in [3.05, 3.63) is 33.8 Å². The lowest BCUT2D eigenvalue weighted by Crippen LogP contribution is -2.10. The number of benzene rings is 1. The number of carbonyl (C=O) groups is 1. The number of Topliss-reactive ketones (excluding diaryl/α,β-unsaturated/α-hetero) is 1. The van der Waals surface area contributed by atoms with Gasteiger partial charge >= 0.3 is 0 Å². The van der Waals surface area contributed by atoms with Crippen LogP contribution >= 0.6 is 31.9 Å². The lowest BCUT2D eigenvalue weighted by Gasteiger charge is -2.07. The predicted octanol–water partition coefficient (Wildman–Crippen LogP) is 4.35. The van der Waals surface area contributed by atoms with Crippen molar-refractivity contribution >= 4 is 37.6 Å². The van der Waals surface area contributed by atoms with Crippen LogP contribution in [0.2, 0.25) is 0 Å². The van der Waals surface area contributed by atoms with Crippen LogP contribution < -0.4 is 0 Å². The highest BCUT2D eigenvalue weighted by Crippen LogP contribution is 2.28. The first-order valence-corrected chi connectivity index (χ1v) is 5.90. The molecule has 0 aliphatic heterocycles. The minimum atomic E-state index is -2.59. The van der Waals surface area contributed by atoms with Crippen LogP contribution in [0.5, 0.6) is 0 Å². The van der Waals surface area contributed by atoms with Crippen LogP contribution in [0.3, 0.4) is 0 Å². The minimum Gasteiger partial charge on any atom is -0.293 e. The highest BCUT2D eigenvalue weighted by atomic mass is 79.9. The highest BCUT2D eigenvalue weighted by molar-refractivity contribution is 9.10. The van der Waals surface area contributed by atoms with E-state index in [1.807, 2.05) is 0 Å². The van der Waals surface area contributed by atoms with Gasteiger partial charge in [0.25, 0.3) is 6.43 Å². The lowest BCUT2D eigenvalue weighted by molar-refractivity contribution is 0.0995. The number of carbonyl (C=O) groups excluding carboxylic acids is 1. The number of hydrogen-bond acceptors (Lipinski definition) is 1. The van der Waals surface area contributed by atoms with Crippen LogP contribution in [0.4, 0.5) is 8.78 Å². The number of hydrogen-bond donors (Lipinski definition) is 0. The number of alkyl halides is 3. The van der Waals surface area contributed by atoms with Crippen molar-refractivity contribution in [1.29, 1.82) is 0 Å². The monoisotopic (exact) mass is 340 g/mol. The summed E-state index contributed by atoms with van der Waals surface area (Å²) in [5, 5.41) is 0. The fraction of sp³-hybridized carbons (Fsp3) is 0.300. The maximum Gasteiger partial charge on any atom is 0.264 e. The van der Waals surface area contributed by atoms with E-state index in [2.05, 4.69) is 31.9 Å². The van der Waals surface area contributed by atoms with Gasteiger partial charge in [0.15, 0.2) is 5.78 Å². The van der Waals surface area contributed by atoms with Crippen LogP contribution in [0.15, 0.2) is 22.7 Å². The van der Waals surface area contributed by atoms with Gasteiger partial charge in [-0.3, -0.25) is 4.79 Å². The van der Waals surface area contributed by atoms with Crippen molar-refractivity contribution in [3.8, 4) is 0 Å². The number of halogens is 4. The van der Waals surface area contributed by atoms with Gasteiger partial charge in [-0.05, 0) is 19.1 Å². The van der Waals surface area contributed by atoms with E-state index < -0.39 is 6.43 Å². The van der Waals surface area contributed by atoms with Gasteiger partial charge in [0.05, 0.1) is 4.83 Å². The summed E-state index contributed by atoms with van der Waals surface area (Å²) in [7, 11) is 0. The van der Waals surface area contributed by atoms with E-state index in [1.165, 1.54) is 18.2 Å². The molecule has 0 aliphatic carbocycles. The maximum atomic E-state index is 12.5. The minimum absolute atomic E-state index is 0.158. The van der Waals surface area contributed by atoms with Crippen molar-refractivity contribution in [3.63, 3.8) is 0 Å². The molecule has 0 amide bonds. The Morgan fingerprint density at radius 2 is 2.00 bits per heavy atom. The third kappa shape index (κ3) is 3.08. The standard InChI is InChI=1S/C10H8Br2F2O/c1-5(11)9(15)6-2-3-8(12)7(4-6)10(13)14/h2-5,10H,1H3. The SMILES string of the molecule is CC(Br)C(=O)c1ccc(Br)c(C(F)F)c1. The van der Waals surface area contributed by atoms with Crippen molar-refractivity contribution < 1.29 is 13.6 Å². The average molecular weight is 342 g/mol. The van der Waals surface area contributed by atoms with E-state index in [9.17, 15) is 13.6 Å². The molecule has 0 fully saturated rings. The molecule has 1 nitrogen and oxygen atoms in total. The summed E-state index contributed by atoms with van der Waals surface area (Å²) >= 11 is 6.12. The van der Waals surface area contributed by atoms with Crippen molar-refractivity contribution in [2.75, 3.05) is 0 Å². The molecule has 1 unspecified atom stereocenters. The van der Waals surface area contributed by atoms with Crippen molar-refractivity contribution in [2.24, 2.45) is 0 Å². The fourth-order valence-electron chi connectivity index (χ4n) is 1.09. The molecule has 0 N–H and O–H groups in total. The molecular formula is C10H8Br2F2O. The Bertz CT molecular complexity index is 378. The summed E-state index contributed by atoms with van der Waals surface area (Å²) in [5.74, 6) is -0.204. The van der Waals surface area contributed by atoms with Gasteiger partial charge in [-0.1, -0.05) is 37.9 Å². The van der Waals surface area contributed by atoms with Gasteiger partial charge < -0.3 is 0 Å². The molecule has 0 radical (unpaired) electrons. The van der Waals surface area contributed by atoms with E-state index in [4.69, 9.17) is 0 Å². The van der Waals surface area contributed by atoms with Crippen molar-refractivity contribution in [1.82, 2.24) is 0 Å². The first-order chi connectivity index (χ1) is 6.93. The van der Waals surface area contributed by atoms with Gasteiger partial charge in [-0.25, -0.2) is 8.78 Å². The molecule has 1 aromatic rings. The third-order valence-electron chi connectivity index (χ3n) is 1.88. The molecule has 0 heterocycles. The quantitative estimate of drug-likeness (QED) is 0.590. The zero-order chi connectivity index (χ0) is 11.6. The second-order valence-electron chi connectivity index (χ2n) is 3.02. The topological polar surface area (TPSA) is 17.1 Å². The summed E-state index contributed by atoms with van der Waals surface area (Å²) in [5.41, 5.74) is 0.131. The van der Waals surface area contributed by atoms with Crippen LogP contribution in [0.1, 0.15) is 29.3 Å². The van der Waals surface area contributed by atoms with Gasteiger partial charge in [0, 0.05) is 15.6 Å². The molecule has 15 heavy (non-hydrogen) atoms. The Morgan fingerprint density at radius 1 is 1.40 bits per heavy atom. The molecule has 0 aliphatic rings. The average Bonchev–Trinajstić information content (AvgIpc) is 2.16. The molecule has 0 saturated carbocycles. The largest absolute Gasteiger partial charge is 0.293 e. The summed E-state index contributed by atoms with van der Waals surface area (Å²) in [6, 6.07) is 4.20. The van der Waals surface area contributed by atoms with E-state index in [0.717, 1.165) is 0 Å². The van der Waals surface area contributed by atoms with Crippen LogP contribution in [-0.2, 0) is 0 Å². The molecule has 1 rings (SSSR count). The summed E-state index contributed by atoms with van der Waals surface area (Å²) < 4.78 is 25.4. The third-order valence-corrected chi connectivity index (χ3v) is 3.01. The molecule has 1 atom stereocenters. The maximum absolute atomic E-state index is 12.5. The summed E-state index contributed by atoms with van der Waals surface area (Å²) in [6.07, 6.45) is -2.59. The molecule has 82 valence electrons. The van der Waals surface area contributed by atoms with Gasteiger partial charge in [0.2, 0.25) is 0 Å². The molecule has 0 aromatic heterocycles. The van der Waals surface area contributed by atoms with Gasteiger partial charge in [-0.2, -0.15) is 0 Å². The first-order valence-electron chi connectivity index (χ1n) is 4.19. The number of rotatable bonds is 3. The molecule has 0 spiro atoms. The summed E-state index contributed by atoms with van der Waals surface area (Å²) in [6.45, 7) is 1.66. The van der Waals surface area contributed by atoms with E-state index in [-0.39, 0.29) is 21.7 Å². The highest BCUT2D eigenvalue weighted by Gasteiger charge is 2.17. The Morgan fingerprint density at radius 3 is 2.47 bits per heavy atom. The number of ketones is 1. The normalized spacial score (nSPS) is 12.9. The van der Waals surface area contributed by atoms with E-state index in [1.54, 1.807) is 6.92 Å². The van der Waals surface area contributed by atoms with Crippen molar-refractivity contribution in [2.45, 2.75) is 18.2 Å². The molecule has 0 saturated heterocycles. The molecule has 0 bridgehead atoms. The Hall–Kier alpha value is -0.290. The summed E-state index contributed by atoms with van der Waals surface area (Å²) in [4.78, 5) is 11.2. The zero-order valence-electron chi connectivity index (χ0n) is 7.81. The van der Waals surface area contributed by atoms with E-state index >= 15 is 0 Å². The lowest BCUT2D eigenvalue weighted by atomic mass is 10.1. The molecular weight excluding hydrogens is 334 g/mol. The molecule has 1 aromatic carbocycles. The Kier molecular flexibility index (Phi) is 4.40. The van der Waals surface area contributed by atoms with Crippen LogP contribution in [-0.4, -0.2) is 10.6 Å². The Labute approximate surface area is 103 Å². The van der Waals surface area contributed by atoms with Crippen LogP contribution in [0, 0.1) is 0 Å². The molecule has 5 heteroatoms. The van der Waals surface area contributed by atoms with E-state index in [0.29, 0.717) is 4.47 Å². The predicted molar refractivity (Wildman–Crippen MR) is 61.8 cm³/mol. The zero-order valence-corrected chi connectivity index (χ0v) is 11.0. The van der Waals surface area contributed by atoms with Gasteiger partial charge in [0.1, 0.15) is 0 Å². The second-order valence-corrected chi connectivity index (χ2v) is 5.25. The van der Waals surface area contributed by atoms with Crippen LogP contribution in [0.25, 0.3) is 0 Å². The smallest absolute Gasteiger partial charge is 0.264 e. The second kappa shape index (κ2) is 5.16.